The Hall–Kier alpha value is -3.92. The summed E-state index contributed by atoms with van der Waals surface area (Å²) in [5.74, 6) is 1.62. The van der Waals surface area contributed by atoms with Gasteiger partial charge in [-0.1, -0.05) is 48.5 Å². The maximum Gasteiger partial charge on any atom is 0.119 e. The van der Waals surface area contributed by atoms with E-state index in [-0.39, 0.29) is 0 Å². The second kappa shape index (κ2) is 7.48. The standard InChI is InChI=1S/C26H20N2O2/c1-29-20-13-9-18(10-14-20)27-25-22-7-3-5-17-6-4-8-23(24(17)22)26(25)28-19-11-15-21(30-2)16-12-19/h3-16H,1-2H3/q-1. The molecule has 0 aromatic heterocycles. The summed E-state index contributed by atoms with van der Waals surface area (Å²) in [7, 11) is 3.32. The first-order chi connectivity index (χ1) is 14.8. The Bertz CT molecular complexity index is 1150. The number of hydrogen-bond donors (Lipinski definition) is 0. The Morgan fingerprint density at radius 1 is 0.667 bits per heavy atom. The normalized spacial score (nSPS) is 12.2. The van der Waals surface area contributed by atoms with E-state index in [1.54, 1.807) is 14.2 Å². The van der Waals surface area contributed by atoms with Gasteiger partial charge in [-0.15, -0.1) is 11.4 Å². The highest BCUT2D eigenvalue weighted by atomic mass is 16.5. The van der Waals surface area contributed by atoms with Gasteiger partial charge in [0.25, 0.3) is 0 Å². The van der Waals surface area contributed by atoms with Crippen LogP contribution in [0.25, 0.3) is 27.5 Å². The van der Waals surface area contributed by atoms with Crippen molar-refractivity contribution in [2.75, 3.05) is 14.2 Å². The van der Waals surface area contributed by atoms with Gasteiger partial charge in [0.15, 0.2) is 0 Å². The molecule has 0 saturated heterocycles. The highest BCUT2D eigenvalue weighted by molar-refractivity contribution is 6.17. The quantitative estimate of drug-likeness (QED) is 0.369. The maximum atomic E-state index is 5.27. The number of benzene rings is 4. The molecule has 0 aliphatic heterocycles. The fourth-order valence-electron chi connectivity index (χ4n) is 3.79. The number of methoxy groups -OCH3 is 2. The third-order valence-electron chi connectivity index (χ3n) is 5.27. The zero-order chi connectivity index (χ0) is 20.5. The van der Waals surface area contributed by atoms with Crippen molar-refractivity contribution >= 4 is 33.5 Å². The number of rotatable bonds is 6. The summed E-state index contributed by atoms with van der Waals surface area (Å²) in [4.78, 5) is 0. The van der Waals surface area contributed by atoms with Gasteiger partial charge in [0.05, 0.1) is 25.6 Å². The maximum absolute atomic E-state index is 5.27. The van der Waals surface area contributed by atoms with Crippen LogP contribution in [0.3, 0.4) is 0 Å². The van der Waals surface area contributed by atoms with Crippen molar-refractivity contribution in [2.24, 2.45) is 0 Å². The molecule has 0 amide bonds. The van der Waals surface area contributed by atoms with Gasteiger partial charge in [0.1, 0.15) is 11.5 Å². The van der Waals surface area contributed by atoms with E-state index < -0.39 is 0 Å². The predicted molar refractivity (Wildman–Crippen MR) is 122 cm³/mol. The van der Waals surface area contributed by atoms with Crippen LogP contribution in [0.2, 0.25) is 0 Å². The summed E-state index contributed by atoms with van der Waals surface area (Å²) >= 11 is 0. The zero-order valence-corrected chi connectivity index (χ0v) is 16.8. The lowest BCUT2D eigenvalue weighted by Crippen LogP contribution is -1.97. The van der Waals surface area contributed by atoms with Crippen molar-refractivity contribution in [2.45, 2.75) is 0 Å². The third-order valence-corrected chi connectivity index (χ3v) is 5.27. The van der Waals surface area contributed by atoms with E-state index in [2.05, 4.69) is 36.4 Å². The smallest absolute Gasteiger partial charge is 0.119 e. The van der Waals surface area contributed by atoms with Crippen LogP contribution in [0.15, 0.2) is 84.9 Å². The van der Waals surface area contributed by atoms with Crippen LogP contribution in [-0.2, 0) is 0 Å². The van der Waals surface area contributed by atoms with E-state index in [0.717, 1.165) is 45.4 Å². The van der Waals surface area contributed by atoms with Crippen molar-refractivity contribution in [3.05, 3.63) is 101 Å². The van der Waals surface area contributed by atoms with Gasteiger partial charge in [0, 0.05) is 5.56 Å². The Balaban J connectivity index is 1.60. The van der Waals surface area contributed by atoms with Crippen LogP contribution in [0, 0.1) is 0 Å². The first kappa shape index (κ1) is 18.1. The minimum atomic E-state index is 0.808. The minimum absolute atomic E-state index is 0.808. The Kier molecular flexibility index (Phi) is 4.52. The summed E-state index contributed by atoms with van der Waals surface area (Å²) in [5, 5.41) is 12.4. The van der Waals surface area contributed by atoms with Crippen LogP contribution in [0.4, 0.5) is 11.4 Å². The van der Waals surface area contributed by atoms with E-state index >= 15 is 0 Å². The van der Waals surface area contributed by atoms with E-state index in [4.69, 9.17) is 20.1 Å². The van der Waals surface area contributed by atoms with Crippen molar-refractivity contribution in [3.63, 3.8) is 0 Å². The molecule has 4 heteroatoms. The van der Waals surface area contributed by atoms with Gasteiger partial charge in [-0.25, -0.2) is 5.32 Å². The van der Waals surface area contributed by atoms with Gasteiger partial charge in [-0.3, -0.25) is 0 Å². The summed E-state index contributed by atoms with van der Waals surface area (Å²) in [5.41, 5.74) is 5.68. The van der Waals surface area contributed by atoms with Gasteiger partial charge < -0.3 is 14.8 Å². The molecule has 0 bridgehead atoms. The molecule has 0 N–H and O–H groups in total. The molecule has 1 radical (unpaired) electrons. The second-order valence-electron chi connectivity index (χ2n) is 7.03. The molecule has 0 fully saturated rings. The molecule has 0 unspecified atom stereocenters. The molecule has 1 aliphatic carbocycles. The largest absolute Gasteiger partial charge is 0.656 e. The molecule has 147 valence electrons. The molecule has 4 aromatic carbocycles. The summed E-state index contributed by atoms with van der Waals surface area (Å²) < 4.78 is 10.5. The van der Waals surface area contributed by atoms with Crippen molar-refractivity contribution in [1.82, 2.24) is 5.32 Å². The van der Waals surface area contributed by atoms with Crippen molar-refractivity contribution in [1.29, 1.82) is 0 Å². The lowest BCUT2D eigenvalue weighted by atomic mass is 10.0. The first-order valence-electron chi connectivity index (χ1n) is 9.75. The van der Waals surface area contributed by atoms with E-state index in [1.165, 1.54) is 10.8 Å². The number of nitrogens with zero attached hydrogens (tertiary/aromatic N) is 2. The molecule has 0 saturated carbocycles. The number of hydrogen-bond acceptors (Lipinski definition) is 2. The third kappa shape index (κ3) is 3.12. The van der Waals surface area contributed by atoms with Gasteiger partial charge in [0.2, 0.25) is 0 Å². The van der Waals surface area contributed by atoms with Crippen LogP contribution >= 0.6 is 0 Å². The SMILES string of the molecule is COc1ccc([N]C2=C([N-]c3ccc(OC)cc3)c3cccc4cccc2c34)cc1. The van der Waals surface area contributed by atoms with Gasteiger partial charge >= 0.3 is 0 Å². The van der Waals surface area contributed by atoms with Crippen LogP contribution in [0.5, 0.6) is 11.5 Å². The molecule has 0 atom stereocenters. The molecule has 0 spiro atoms. The van der Waals surface area contributed by atoms with E-state index in [9.17, 15) is 0 Å². The molecular formula is C26H20N2O2-. The van der Waals surface area contributed by atoms with Gasteiger partial charge in [-0.2, -0.15) is 0 Å². The minimum Gasteiger partial charge on any atom is -0.656 e. The van der Waals surface area contributed by atoms with E-state index in [0.29, 0.717) is 0 Å². The summed E-state index contributed by atoms with van der Waals surface area (Å²) in [6.45, 7) is 0. The molecule has 4 aromatic rings. The molecular weight excluding hydrogens is 372 g/mol. The van der Waals surface area contributed by atoms with Gasteiger partial charge in [-0.05, 0) is 52.7 Å². The van der Waals surface area contributed by atoms with E-state index in [1.807, 2.05) is 48.5 Å². The summed E-state index contributed by atoms with van der Waals surface area (Å²) in [6.07, 6.45) is 0. The fraction of sp³-hybridized carbons (Fsp3) is 0.0769. The van der Waals surface area contributed by atoms with Crippen LogP contribution in [-0.4, -0.2) is 14.2 Å². The average molecular weight is 392 g/mol. The van der Waals surface area contributed by atoms with Crippen LogP contribution in [0.1, 0.15) is 11.1 Å². The number of ether oxygens (including phenoxy) is 2. The van der Waals surface area contributed by atoms with Crippen molar-refractivity contribution < 1.29 is 9.47 Å². The Morgan fingerprint density at radius 2 is 1.27 bits per heavy atom. The van der Waals surface area contributed by atoms with Crippen LogP contribution < -0.4 is 14.8 Å². The monoisotopic (exact) mass is 392 g/mol. The molecule has 5 rings (SSSR count). The predicted octanol–water partition coefficient (Wildman–Crippen LogP) is 6.64. The highest BCUT2D eigenvalue weighted by Gasteiger charge is 2.20. The highest BCUT2D eigenvalue weighted by Crippen LogP contribution is 2.47. The molecule has 1 aliphatic rings. The zero-order valence-electron chi connectivity index (χ0n) is 16.8. The molecule has 0 heterocycles. The Labute approximate surface area is 175 Å². The summed E-state index contributed by atoms with van der Waals surface area (Å²) in [6, 6.07) is 28.1. The lowest BCUT2D eigenvalue weighted by molar-refractivity contribution is 0.414. The Morgan fingerprint density at radius 3 is 1.90 bits per heavy atom. The molecule has 30 heavy (non-hydrogen) atoms. The average Bonchev–Trinajstić information content (AvgIpc) is 3.09. The topological polar surface area (TPSA) is 46.7 Å². The first-order valence-corrected chi connectivity index (χ1v) is 9.75. The fourth-order valence-corrected chi connectivity index (χ4v) is 3.79. The lowest BCUT2D eigenvalue weighted by Gasteiger charge is -2.27. The van der Waals surface area contributed by atoms with Crippen molar-refractivity contribution in [3.8, 4) is 11.5 Å². The molecule has 4 nitrogen and oxygen atoms in total. The second-order valence-corrected chi connectivity index (χ2v) is 7.03.